The lowest BCUT2D eigenvalue weighted by Crippen LogP contribution is -2.00. The van der Waals surface area contributed by atoms with E-state index in [1.807, 2.05) is 11.3 Å². The molecule has 1 heterocycles. The smallest absolute Gasteiger partial charge is 0.0723 e. The highest BCUT2D eigenvalue weighted by Gasteiger charge is 2.09. The van der Waals surface area contributed by atoms with Gasteiger partial charge in [-0.25, -0.2) is 0 Å². The quantitative estimate of drug-likeness (QED) is 0.776. The summed E-state index contributed by atoms with van der Waals surface area (Å²) in [6.45, 7) is 0. The van der Waals surface area contributed by atoms with Crippen LogP contribution in [0.5, 0.6) is 0 Å². The Morgan fingerprint density at radius 2 is 2.27 bits per heavy atom. The molecule has 15 heavy (non-hydrogen) atoms. The number of rotatable bonds is 3. The number of allylic oxidation sites excluding steroid dienone is 1. The maximum atomic E-state index is 9.64. The van der Waals surface area contributed by atoms with Crippen molar-refractivity contribution >= 4 is 11.3 Å². The molecule has 82 valence electrons. The molecule has 0 bridgehead atoms. The molecule has 1 atom stereocenters. The average Bonchev–Trinajstić information content (AvgIpc) is 2.65. The number of hydrogen-bond donors (Lipinski definition) is 1. The summed E-state index contributed by atoms with van der Waals surface area (Å²) in [5, 5.41) is 11.8. The highest BCUT2D eigenvalue weighted by molar-refractivity contribution is 7.09. The van der Waals surface area contributed by atoms with E-state index in [1.165, 1.54) is 29.7 Å². The average molecular weight is 222 g/mol. The second-order valence-electron chi connectivity index (χ2n) is 4.22. The van der Waals surface area contributed by atoms with Gasteiger partial charge in [0.1, 0.15) is 0 Å². The van der Waals surface area contributed by atoms with E-state index in [0.29, 0.717) is 0 Å². The van der Waals surface area contributed by atoms with Gasteiger partial charge in [-0.1, -0.05) is 24.1 Å². The largest absolute Gasteiger partial charge is 0.389 e. The van der Waals surface area contributed by atoms with Crippen LogP contribution >= 0.6 is 11.3 Å². The van der Waals surface area contributed by atoms with Crippen LogP contribution in [-0.4, -0.2) is 11.2 Å². The molecular formula is C13H18OS. The van der Waals surface area contributed by atoms with Crippen molar-refractivity contribution in [1.82, 2.24) is 0 Å². The second kappa shape index (κ2) is 5.47. The van der Waals surface area contributed by atoms with Crippen LogP contribution in [0.25, 0.3) is 0 Å². The SMILES string of the molecule is OC1C=C(CCc2cccs2)CCCC1. The molecule has 1 aliphatic rings. The molecule has 0 fully saturated rings. The van der Waals surface area contributed by atoms with E-state index in [2.05, 4.69) is 23.6 Å². The standard InChI is InChI=1S/C13H18OS/c14-12-5-2-1-4-11(10-12)7-8-13-6-3-9-15-13/h3,6,9-10,12,14H,1-2,4-5,7-8H2. The maximum Gasteiger partial charge on any atom is 0.0723 e. The van der Waals surface area contributed by atoms with Crippen LogP contribution in [0.15, 0.2) is 29.2 Å². The first-order valence-electron chi connectivity index (χ1n) is 5.74. The van der Waals surface area contributed by atoms with E-state index >= 15 is 0 Å². The minimum absolute atomic E-state index is 0.189. The van der Waals surface area contributed by atoms with Gasteiger partial charge in [0.05, 0.1) is 6.10 Å². The number of aryl methyl sites for hydroxylation is 1. The lowest BCUT2D eigenvalue weighted by Gasteiger charge is -2.05. The molecule has 0 radical (unpaired) electrons. The molecule has 0 spiro atoms. The molecule has 0 aromatic carbocycles. The second-order valence-corrected chi connectivity index (χ2v) is 5.25. The van der Waals surface area contributed by atoms with Crippen molar-refractivity contribution in [1.29, 1.82) is 0 Å². The summed E-state index contributed by atoms with van der Waals surface area (Å²) >= 11 is 1.83. The fourth-order valence-electron chi connectivity index (χ4n) is 2.09. The summed E-state index contributed by atoms with van der Waals surface area (Å²) in [5.41, 5.74) is 1.45. The Kier molecular flexibility index (Phi) is 3.98. The van der Waals surface area contributed by atoms with Gasteiger partial charge in [-0.2, -0.15) is 0 Å². The van der Waals surface area contributed by atoms with Crippen LogP contribution in [0.2, 0.25) is 0 Å². The van der Waals surface area contributed by atoms with Gasteiger partial charge < -0.3 is 5.11 Å². The molecule has 1 aromatic heterocycles. The monoisotopic (exact) mass is 222 g/mol. The third-order valence-corrected chi connectivity index (χ3v) is 3.88. The van der Waals surface area contributed by atoms with E-state index in [-0.39, 0.29) is 6.10 Å². The van der Waals surface area contributed by atoms with E-state index in [1.54, 1.807) is 0 Å². The lowest BCUT2D eigenvalue weighted by molar-refractivity contribution is 0.211. The molecular weight excluding hydrogens is 204 g/mol. The van der Waals surface area contributed by atoms with Crippen molar-refractivity contribution < 1.29 is 5.11 Å². The molecule has 0 saturated heterocycles. The Morgan fingerprint density at radius 3 is 3.07 bits per heavy atom. The van der Waals surface area contributed by atoms with Crippen LogP contribution < -0.4 is 0 Å². The number of aliphatic hydroxyl groups excluding tert-OH is 1. The summed E-state index contributed by atoms with van der Waals surface area (Å²) < 4.78 is 0. The van der Waals surface area contributed by atoms with Crippen LogP contribution in [0, 0.1) is 0 Å². The van der Waals surface area contributed by atoms with Gasteiger partial charge in [0.25, 0.3) is 0 Å². The van der Waals surface area contributed by atoms with E-state index < -0.39 is 0 Å². The van der Waals surface area contributed by atoms with Crippen LogP contribution in [0.3, 0.4) is 0 Å². The minimum atomic E-state index is -0.189. The van der Waals surface area contributed by atoms with Gasteiger partial charge >= 0.3 is 0 Å². The fraction of sp³-hybridized carbons (Fsp3) is 0.538. The van der Waals surface area contributed by atoms with Crippen molar-refractivity contribution in [2.75, 3.05) is 0 Å². The molecule has 0 saturated carbocycles. The van der Waals surface area contributed by atoms with Crippen LogP contribution in [0.1, 0.15) is 37.0 Å². The Labute approximate surface area is 95.5 Å². The topological polar surface area (TPSA) is 20.2 Å². The molecule has 1 unspecified atom stereocenters. The predicted octanol–water partition coefficient (Wildman–Crippen LogP) is 3.54. The van der Waals surface area contributed by atoms with Gasteiger partial charge in [0, 0.05) is 4.88 Å². The fourth-order valence-corrected chi connectivity index (χ4v) is 2.80. The molecule has 2 rings (SSSR count). The summed E-state index contributed by atoms with van der Waals surface area (Å²) in [7, 11) is 0. The third-order valence-electron chi connectivity index (χ3n) is 2.95. The Hall–Kier alpha value is -0.600. The van der Waals surface area contributed by atoms with Crippen molar-refractivity contribution in [2.24, 2.45) is 0 Å². The van der Waals surface area contributed by atoms with Gasteiger partial charge in [-0.15, -0.1) is 11.3 Å². The predicted molar refractivity (Wildman–Crippen MR) is 65.2 cm³/mol. The highest BCUT2D eigenvalue weighted by atomic mass is 32.1. The first-order valence-corrected chi connectivity index (χ1v) is 6.62. The number of thiophene rings is 1. The Morgan fingerprint density at radius 1 is 1.33 bits per heavy atom. The zero-order valence-corrected chi connectivity index (χ0v) is 9.80. The van der Waals surface area contributed by atoms with E-state index in [0.717, 1.165) is 19.3 Å². The van der Waals surface area contributed by atoms with E-state index in [9.17, 15) is 5.11 Å². The van der Waals surface area contributed by atoms with Crippen LogP contribution in [0.4, 0.5) is 0 Å². The van der Waals surface area contributed by atoms with Gasteiger partial charge in [-0.05, 0) is 43.6 Å². The highest BCUT2D eigenvalue weighted by Crippen LogP contribution is 2.22. The zero-order chi connectivity index (χ0) is 10.5. The summed E-state index contributed by atoms with van der Waals surface area (Å²) in [5.74, 6) is 0. The van der Waals surface area contributed by atoms with Gasteiger partial charge in [0.15, 0.2) is 0 Å². The molecule has 1 N–H and O–H groups in total. The zero-order valence-electron chi connectivity index (χ0n) is 8.98. The molecule has 1 nitrogen and oxygen atoms in total. The van der Waals surface area contributed by atoms with Crippen molar-refractivity contribution in [2.45, 2.75) is 44.6 Å². The molecule has 2 heteroatoms. The van der Waals surface area contributed by atoms with Crippen molar-refractivity contribution in [3.05, 3.63) is 34.0 Å². The molecule has 0 aliphatic heterocycles. The molecule has 1 aliphatic carbocycles. The van der Waals surface area contributed by atoms with Crippen LogP contribution in [-0.2, 0) is 6.42 Å². The van der Waals surface area contributed by atoms with Gasteiger partial charge in [0.2, 0.25) is 0 Å². The summed E-state index contributed by atoms with van der Waals surface area (Å²) in [6.07, 6.45) is 8.69. The number of hydrogen-bond acceptors (Lipinski definition) is 2. The number of aliphatic hydroxyl groups is 1. The van der Waals surface area contributed by atoms with Crippen molar-refractivity contribution in [3.63, 3.8) is 0 Å². The molecule has 0 amide bonds. The summed E-state index contributed by atoms with van der Waals surface area (Å²) in [4.78, 5) is 1.45. The Bertz CT molecular complexity index is 313. The first kappa shape index (κ1) is 10.9. The van der Waals surface area contributed by atoms with E-state index in [4.69, 9.17) is 0 Å². The first-order chi connectivity index (χ1) is 7.34. The molecule has 1 aromatic rings. The van der Waals surface area contributed by atoms with Crippen molar-refractivity contribution in [3.8, 4) is 0 Å². The minimum Gasteiger partial charge on any atom is -0.389 e. The Balaban J connectivity index is 1.87. The summed E-state index contributed by atoms with van der Waals surface area (Å²) in [6, 6.07) is 4.30. The maximum absolute atomic E-state index is 9.64. The lowest BCUT2D eigenvalue weighted by atomic mass is 10.0. The normalized spacial score (nSPS) is 22.2. The van der Waals surface area contributed by atoms with Gasteiger partial charge in [-0.3, -0.25) is 0 Å². The third kappa shape index (κ3) is 3.47.